The molecule has 116 valence electrons. The van der Waals surface area contributed by atoms with Crippen molar-refractivity contribution in [2.24, 2.45) is 0 Å². The lowest BCUT2D eigenvalue weighted by Gasteiger charge is -2.09. The number of ether oxygens (including phenoxy) is 2. The summed E-state index contributed by atoms with van der Waals surface area (Å²) >= 11 is 6.22. The van der Waals surface area contributed by atoms with Crippen LogP contribution in [0.2, 0.25) is 5.02 Å². The van der Waals surface area contributed by atoms with Gasteiger partial charge < -0.3 is 14.8 Å². The van der Waals surface area contributed by atoms with Gasteiger partial charge in [0.15, 0.2) is 0 Å². The summed E-state index contributed by atoms with van der Waals surface area (Å²) in [4.78, 5) is 12.0. The number of hydrogen-bond donors (Lipinski definition) is 1. The summed E-state index contributed by atoms with van der Waals surface area (Å²) in [5.74, 6) is 1.31. The van der Waals surface area contributed by atoms with Crippen LogP contribution < -0.4 is 14.8 Å². The molecule has 0 heterocycles. The van der Waals surface area contributed by atoms with Crippen molar-refractivity contribution in [3.05, 3.63) is 53.1 Å². The number of nitrogens with one attached hydrogen (secondary N) is 1. The van der Waals surface area contributed by atoms with Gasteiger partial charge in [0.1, 0.15) is 11.5 Å². The Kier molecular flexibility index (Phi) is 5.67. The molecule has 0 aromatic heterocycles. The Hall–Kier alpha value is -2.20. The van der Waals surface area contributed by atoms with Crippen LogP contribution in [-0.4, -0.2) is 20.1 Å². The van der Waals surface area contributed by atoms with Gasteiger partial charge in [-0.05, 0) is 42.3 Å². The molecule has 2 rings (SSSR count). The number of aryl methyl sites for hydroxylation is 1. The van der Waals surface area contributed by atoms with E-state index < -0.39 is 0 Å². The molecule has 0 bridgehead atoms. The third-order valence-corrected chi connectivity index (χ3v) is 3.69. The van der Waals surface area contributed by atoms with Crippen LogP contribution in [0.5, 0.6) is 11.5 Å². The molecule has 0 saturated carbocycles. The minimum Gasteiger partial charge on any atom is -0.497 e. The molecule has 4 nitrogen and oxygen atoms in total. The Balaban J connectivity index is 1.92. The third-order valence-electron chi connectivity index (χ3n) is 3.26. The first-order valence-corrected chi connectivity index (χ1v) is 7.27. The van der Waals surface area contributed by atoms with E-state index >= 15 is 0 Å². The van der Waals surface area contributed by atoms with Gasteiger partial charge >= 0.3 is 0 Å². The van der Waals surface area contributed by atoms with Gasteiger partial charge in [-0.3, -0.25) is 4.79 Å². The third kappa shape index (κ3) is 4.15. The second kappa shape index (κ2) is 7.71. The van der Waals surface area contributed by atoms with Gasteiger partial charge in [-0.1, -0.05) is 23.7 Å². The molecule has 0 aliphatic heterocycles. The summed E-state index contributed by atoms with van der Waals surface area (Å²) in [7, 11) is 3.17. The zero-order chi connectivity index (χ0) is 15.9. The lowest BCUT2D eigenvalue weighted by atomic mass is 10.1. The monoisotopic (exact) mass is 319 g/mol. The Morgan fingerprint density at radius 2 is 1.82 bits per heavy atom. The summed E-state index contributed by atoms with van der Waals surface area (Å²) in [6.45, 7) is 0. The van der Waals surface area contributed by atoms with Crippen LogP contribution in [0, 0.1) is 0 Å². The highest BCUT2D eigenvalue weighted by Crippen LogP contribution is 2.28. The molecule has 2 aromatic rings. The van der Waals surface area contributed by atoms with Gasteiger partial charge in [0.05, 0.1) is 19.2 Å². The molecule has 0 radical (unpaired) electrons. The SMILES string of the molecule is COc1ccc(NC(=O)CCc2cccc(OC)c2Cl)cc1. The molecular weight excluding hydrogens is 302 g/mol. The minimum atomic E-state index is -0.0657. The van der Waals surface area contributed by atoms with Gasteiger partial charge in [-0.25, -0.2) is 0 Å². The van der Waals surface area contributed by atoms with Crippen molar-refractivity contribution in [3.8, 4) is 11.5 Å². The van der Waals surface area contributed by atoms with E-state index in [1.165, 1.54) is 0 Å². The highest BCUT2D eigenvalue weighted by atomic mass is 35.5. The maximum absolute atomic E-state index is 12.0. The number of amides is 1. The molecule has 0 aliphatic rings. The lowest BCUT2D eigenvalue weighted by molar-refractivity contribution is -0.116. The van der Waals surface area contributed by atoms with Crippen molar-refractivity contribution >= 4 is 23.2 Å². The molecule has 1 N–H and O–H groups in total. The molecule has 0 unspecified atom stereocenters. The van der Waals surface area contributed by atoms with Gasteiger partial charge in [0.25, 0.3) is 0 Å². The molecule has 0 spiro atoms. The summed E-state index contributed by atoms with van der Waals surface area (Å²) in [5, 5.41) is 3.40. The summed E-state index contributed by atoms with van der Waals surface area (Å²) in [5.41, 5.74) is 1.63. The van der Waals surface area contributed by atoms with Gasteiger partial charge in [-0.15, -0.1) is 0 Å². The predicted molar refractivity (Wildman–Crippen MR) is 87.9 cm³/mol. The number of anilines is 1. The second-order valence-corrected chi connectivity index (χ2v) is 5.09. The van der Waals surface area contributed by atoms with Crippen molar-refractivity contribution in [2.45, 2.75) is 12.8 Å². The van der Waals surface area contributed by atoms with Crippen LogP contribution in [0.15, 0.2) is 42.5 Å². The Bertz CT molecular complexity index is 641. The summed E-state index contributed by atoms with van der Waals surface area (Å²) in [6.07, 6.45) is 0.900. The van der Waals surface area contributed by atoms with Gasteiger partial charge in [0.2, 0.25) is 5.91 Å². The van der Waals surface area contributed by atoms with Crippen molar-refractivity contribution in [1.29, 1.82) is 0 Å². The van der Waals surface area contributed by atoms with E-state index in [9.17, 15) is 4.79 Å². The van der Waals surface area contributed by atoms with Crippen LogP contribution in [0.1, 0.15) is 12.0 Å². The number of methoxy groups -OCH3 is 2. The maximum Gasteiger partial charge on any atom is 0.224 e. The standard InChI is InChI=1S/C17H18ClNO3/c1-21-14-9-7-13(8-10-14)19-16(20)11-6-12-4-3-5-15(22-2)17(12)18/h3-5,7-10H,6,11H2,1-2H3,(H,19,20). The molecular formula is C17H18ClNO3. The first-order chi connectivity index (χ1) is 10.6. The van der Waals surface area contributed by atoms with Crippen molar-refractivity contribution < 1.29 is 14.3 Å². The van der Waals surface area contributed by atoms with Gasteiger partial charge in [0, 0.05) is 12.1 Å². The zero-order valence-corrected chi connectivity index (χ0v) is 13.3. The molecule has 0 saturated heterocycles. The fraction of sp³-hybridized carbons (Fsp3) is 0.235. The Morgan fingerprint density at radius 1 is 1.09 bits per heavy atom. The normalized spacial score (nSPS) is 10.1. The second-order valence-electron chi connectivity index (χ2n) is 4.71. The van der Waals surface area contributed by atoms with E-state index in [0.717, 1.165) is 17.0 Å². The van der Waals surface area contributed by atoms with Crippen molar-refractivity contribution in [3.63, 3.8) is 0 Å². The van der Waals surface area contributed by atoms with E-state index in [2.05, 4.69) is 5.32 Å². The van der Waals surface area contributed by atoms with Crippen LogP contribution in [0.4, 0.5) is 5.69 Å². The molecule has 22 heavy (non-hydrogen) atoms. The molecule has 1 amide bonds. The zero-order valence-electron chi connectivity index (χ0n) is 12.6. The Labute approximate surface area is 135 Å². The highest BCUT2D eigenvalue weighted by molar-refractivity contribution is 6.32. The topological polar surface area (TPSA) is 47.6 Å². The van der Waals surface area contributed by atoms with E-state index in [4.69, 9.17) is 21.1 Å². The smallest absolute Gasteiger partial charge is 0.224 e. The van der Waals surface area contributed by atoms with Gasteiger partial charge in [-0.2, -0.15) is 0 Å². The number of halogens is 1. The molecule has 0 fully saturated rings. The number of rotatable bonds is 6. The fourth-order valence-corrected chi connectivity index (χ4v) is 2.35. The van der Waals surface area contributed by atoms with Crippen LogP contribution in [0.25, 0.3) is 0 Å². The average Bonchev–Trinajstić information content (AvgIpc) is 2.54. The maximum atomic E-state index is 12.0. The van der Waals surface area contributed by atoms with E-state index in [-0.39, 0.29) is 5.91 Å². The molecule has 2 aromatic carbocycles. The summed E-state index contributed by atoms with van der Waals surface area (Å²) in [6, 6.07) is 12.8. The quantitative estimate of drug-likeness (QED) is 0.877. The highest BCUT2D eigenvalue weighted by Gasteiger charge is 2.09. The van der Waals surface area contributed by atoms with Crippen LogP contribution in [0.3, 0.4) is 0 Å². The number of carbonyl (C=O) groups excluding carboxylic acids is 1. The van der Waals surface area contributed by atoms with Crippen LogP contribution >= 0.6 is 11.6 Å². The number of hydrogen-bond acceptors (Lipinski definition) is 3. The van der Waals surface area contributed by atoms with Crippen molar-refractivity contribution in [2.75, 3.05) is 19.5 Å². The summed E-state index contributed by atoms with van der Waals surface area (Å²) < 4.78 is 10.2. The predicted octanol–water partition coefficient (Wildman–Crippen LogP) is 3.93. The number of carbonyl (C=O) groups is 1. The Morgan fingerprint density at radius 3 is 2.45 bits per heavy atom. The van der Waals surface area contributed by atoms with Crippen molar-refractivity contribution in [1.82, 2.24) is 0 Å². The van der Waals surface area contributed by atoms with E-state index in [0.29, 0.717) is 23.6 Å². The number of benzene rings is 2. The van der Waals surface area contributed by atoms with E-state index in [1.54, 1.807) is 44.6 Å². The molecule has 0 aliphatic carbocycles. The van der Waals surface area contributed by atoms with Crippen LogP contribution in [-0.2, 0) is 11.2 Å². The molecule has 0 atom stereocenters. The first kappa shape index (κ1) is 16.2. The largest absolute Gasteiger partial charge is 0.497 e. The fourth-order valence-electron chi connectivity index (χ4n) is 2.05. The molecule has 5 heteroatoms. The first-order valence-electron chi connectivity index (χ1n) is 6.89. The van der Waals surface area contributed by atoms with E-state index in [1.807, 2.05) is 12.1 Å². The average molecular weight is 320 g/mol. The minimum absolute atomic E-state index is 0.0657. The lowest BCUT2D eigenvalue weighted by Crippen LogP contribution is -2.12.